The first-order valence-electron chi connectivity index (χ1n) is 8.00. The third-order valence-electron chi connectivity index (χ3n) is 4.10. The molecular weight excluding hydrogens is 401 g/mol. The number of pyridine rings is 1. The second kappa shape index (κ2) is 7.63. The van der Waals surface area contributed by atoms with E-state index in [-0.39, 0.29) is 0 Å². The van der Waals surface area contributed by atoms with Crippen LogP contribution in [0.25, 0.3) is 0 Å². The van der Waals surface area contributed by atoms with Crippen molar-refractivity contribution in [1.82, 2.24) is 0 Å². The maximum atomic E-state index is 13.5. The Labute approximate surface area is 154 Å². The predicted molar refractivity (Wildman–Crippen MR) is 81.4 cm³/mol. The average molecular weight is 416 g/mol. The van der Waals surface area contributed by atoms with Crippen LogP contribution in [0.2, 0.25) is 0 Å². The number of benzene rings is 1. The van der Waals surface area contributed by atoms with Crippen LogP contribution in [0.4, 0.5) is 39.5 Å². The quantitative estimate of drug-likeness (QED) is 0.419. The first-order valence-corrected chi connectivity index (χ1v) is 8.00. The van der Waals surface area contributed by atoms with Gasteiger partial charge in [0.2, 0.25) is 0 Å². The summed E-state index contributed by atoms with van der Waals surface area (Å²) in [6.45, 7) is -0.873. The summed E-state index contributed by atoms with van der Waals surface area (Å²) in [7, 11) is 0. The Kier molecular flexibility index (Phi) is 6.01. The number of aryl methyl sites for hydroxylation is 1. The topological polar surface area (TPSA) is 3.88 Å². The van der Waals surface area contributed by atoms with Gasteiger partial charge in [0.05, 0.1) is 6.42 Å². The Bertz CT molecular complexity index is 768. The minimum absolute atomic E-state index is 0.508. The standard InChI is InChI=1S/C18H15F9N/c19-15(20,16(21,22)17(23,24)18(25,26)27)8-11-28-9-6-14(7-10-28)12-13-4-2-1-3-5-13/h1-7,9-10H,8,11-12H2/q+1. The Morgan fingerprint density at radius 2 is 1.14 bits per heavy atom. The molecule has 2 aromatic rings. The van der Waals surface area contributed by atoms with Gasteiger partial charge in [-0.05, 0) is 17.5 Å². The summed E-state index contributed by atoms with van der Waals surface area (Å²) in [6, 6.07) is 12.2. The van der Waals surface area contributed by atoms with E-state index in [0.717, 1.165) is 15.7 Å². The molecule has 0 atom stereocenters. The van der Waals surface area contributed by atoms with Crippen LogP contribution in [0.5, 0.6) is 0 Å². The molecule has 154 valence electrons. The summed E-state index contributed by atoms with van der Waals surface area (Å²) in [4.78, 5) is 0. The first kappa shape index (κ1) is 22.0. The fourth-order valence-electron chi connectivity index (χ4n) is 2.42. The number of nitrogens with zero attached hydrogens (tertiary/aromatic N) is 1. The van der Waals surface area contributed by atoms with Crippen LogP contribution in [0.15, 0.2) is 54.9 Å². The number of halogens is 9. The minimum atomic E-state index is -6.85. The van der Waals surface area contributed by atoms with Crippen molar-refractivity contribution in [2.45, 2.75) is 43.3 Å². The van der Waals surface area contributed by atoms with Crippen molar-refractivity contribution in [2.75, 3.05) is 0 Å². The highest BCUT2D eigenvalue weighted by Gasteiger charge is 2.81. The molecule has 28 heavy (non-hydrogen) atoms. The highest BCUT2D eigenvalue weighted by atomic mass is 19.4. The zero-order valence-electron chi connectivity index (χ0n) is 14.2. The van der Waals surface area contributed by atoms with Crippen LogP contribution >= 0.6 is 0 Å². The third-order valence-corrected chi connectivity index (χ3v) is 4.10. The van der Waals surface area contributed by atoms with Crippen LogP contribution in [-0.2, 0) is 13.0 Å². The smallest absolute Gasteiger partial charge is 0.205 e. The molecule has 0 aliphatic heterocycles. The van der Waals surface area contributed by atoms with E-state index in [1.807, 2.05) is 30.3 Å². The lowest BCUT2D eigenvalue weighted by molar-refractivity contribution is -0.700. The van der Waals surface area contributed by atoms with Crippen molar-refractivity contribution >= 4 is 0 Å². The van der Waals surface area contributed by atoms with Gasteiger partial charge in [0, 0.05) is 12.1 Å². The minimum Gasteiger partial charge on any atom is -0.205 e. The van der Waals surface area contributed by atoms with E-state index < -0.39 is 36.9 Å². The molecule has 1 aromatic heterocycles. The lowest BCUT2D eigenvalue weighted by atomic mass is 10.0. The highest BCUT2D eigenvalue weighted by Crippen LogP contribution is 2.53. The van der Waals surface area contributed by atoms with Gasteiger partial charge in [0.25, 0.3) is 0 Å². The number of hydrogen-bond donors (Lipinski definition) is 0. The van der Waals surface area contributed by atoms with E-state index in [1.165, 1.54) is 24.5 Å². The second-order valence-electron chi connectivity index (χ2n) is 6.21. The molecule has 1 nitrogen and oxygen atoms in total. The molecule has 0 aliphatic rings. The monoisotopic (exact) mass is 416 g/mol. The van der Waals surface area contributed by atoms with Crippen molar-refractivity contribution in [1.29, 1.82) is 0 Å². The van der Waals surface area contributed by atoms with Gasteiger partial charge in [-0.1, -0.05) is 30.3 Å². The summed E-state index contributed by atoms with van der Waals surface area (Å²) >= 11 is 0. The predicted octanol–water partition coefficient (Wildman–Crippen LogP) is 5.42. The van der Waals surface area contributed by atoms with Crippen molar-refractivity contribution in [3.05, 3.63) is 66.0 Å². The van der Waals surface area contributed by atoms with Crippen molar-refractivity contribution in [3.63, 3.8) is 0 Å². The molecule has 0 spiro atoms. The van der Waals surface area contributed by atoms with Gasteiger partial charge in [-0.3, -0.25) is 0 Å². The molecule has 0 N–H and O–H groups in total. The van der Waals surface area contributed by atoms with E-state index >= 15 is 0 Å². The van der Waals surface area contributed by atoms with Gasteiger partial charge in [0.15, 0.2) is 18.9 Å². The highest BCUT2D eigenvalue weighted by molar-refractivity contribution is 5.23. The summed E-state index contributed by atoms with van der Waals surface area (Å²) in [6.07, 6.45) is -5.67. The molecule has 2 rings (SSSR count). The van der Waals surface area contributed by atoms with Crippen molar-refractivity contribution in [2.24, 2.45) is 0 Å². The Balaban J connectivity index is 2.06. The lowest BCUT2D eigenvalue weighted by Gasteiger charge is -2.33. The van der Waals surface area contributed by atoms with Gasteiger partial charge < -0.3 is 0 Å². The summed E-state index contributed by atoms with van der Waals surface area (Å²) in [5.41, 5.74) is 1.73. The molecule has 0 unspecified atom stereocenters. The van der Waals surface area contributed by atoms with Crippen LogP contribution < -0.4 is 4.57 Å². The van der Waals surface area contributed by atoms with E-state index in [2.05, 4.69) is 0 Å². The molecule has 0 bridgehead atoms. The number of alkyl halides is 9. The van der Waals surface area contributed by atoms with E-state index in [9.17, 15) is 39.5 Å². The molecule has 0 saturated heterocycles. The van der Waals surface area contributed by atoms with Crippen LogP contribution in [0, 0.1) is 0 Å². The average Bonchev–Trinajstić information content (AvgIpc) is 2.61. The van der Waals surface area contributed by atoms with E-state index in [4.69, 9.17) is 0 Å². The van der Waals surface area contributed by atoms with Gasteiger partial charge >= 0.3 is 23.9 Å². The Hall–Kier alpha value is -2.26. The summed E-state index contributed by atoms with van der Waals surface area (Å²) in [5.74, 6) is -19.0. The number of hydrogen-bond acceptors (Lipinski definition) is 0. The lowest BCUT2D eigenvalue weighted by Crippen LogP contribution is -2.61. The Morgan fingerprint density at radius 1 is 0.643 bits per heavy atom. The summed E-state index contributed by atoms with van der Waals surface area (Å²) in [5, 5.41) is 0. The van der Waals surface area contributed by atoms with Gasteiger partial charge in [-0.15, -0.1) is 0 Å². The van der Waals surface area contributed by atoms with Crippen LogP contribution in [-0.4, -0.2) is 23.9 Å². The van der Waals surface area contributed by atoms with Gasteiger partial charge in [0.1, 0.15) is 0 Å². The fraction of sp³-hybridized carbons (Fsp3) is 0.389. The van der Waals surface area contributed by atoms with Gasteiger partial charge in [-0.25, -0.2) is 4.57 Å². The fourth-order valence-corrected chi connectivity index (χ4v) is 2.42. The van der Waals surface area contributed by atoms with Gasteiger partial charge in [-0.2, -0.15) is 39.5 Å². The SMILES string of the molecule is FC(F)(F)C(F)(F)C(F)(F)C(F)(F)CC[n+]1ccc(Cc2ccccc2)cc1. The molecule has 1 heterocycles. The normalized spacial score (nSPS) is 13.6. The maximum Gasteiger partial charge on any atom is 0.460 e. The van der Waals surface area contributed by atoms with Crippen LogP contribution in [0.3, 0.4) is 0 Å². The molecule has 0 amide bonds. The zero-order valence-corrected chi connectivity index (χ0v) is 14.2. The molecule has 0 aliphatic carbocycles. The first-order chi connectivity index (χ1) is 12.8. The van der Waals surface area contributed by atoms with Crippen LogP contribution in [0.1, 0.15) is 17.5 Å². The number of rotatable bonds is 7. The Morgan fingerprint density at radius 3 is 1.64 bits per heavy atom. The summed E-state index contributed by atoms with van der Waals surface area (Å²) < 4.78 is 116. The molecular formula is C18H15F9N+. The maximum absolute atomic E-state index is 13.5. The molecule has 0 radical (unpaired) electrons. The number of aromatic nitrogens is 1. The van der Waals surface area contributed by atoms with Crippen molar-refractivity contribution in [3.8, 4) is 0 Å². The molecule has 1 aromatic carbocycles. The zero-order chi connectivity index (χ0) is 21.2. The molecule has 0 fully saturated rings. The second-order valence-corrected chi connectivity index (χ2v) is 6.21. The third kappa shape index (κ3) is 4.41. The van der Waals surface area contributed by atoms with E-state index in [1.54, 1.807) is 0 Å². The molecule has 0 saturated carbocycles. The molecule has 10 heteroatoms. The largest absolute Gasteiger partial charge is 0.460 e. The van der Waals surface area contributed by atoms with E-state index in [0.29, 0.717) is 6.42 Å². The van der Waals surface area contributed by atoms with Crippen molar-refractivity contribution < 1.29 is 44.1 Å².